The van der Waals surface area contributed by atoms with Crippen LogP contribution in [0.4, 0.5) is 5.95 Å². The van der Waals surface area contributed by atoms with Gasteiger partial charge in [0.25, 0.3) is 5.56 Å². The summed E-state index contributed by atoms with van der Waals surface area (Å²) in [6.07, 6.45) is 19.9. The van der Waals surface area contributed by atoms with Crippen molar-refractivity contribution < 1.29 is 9.84 Å². The van der Waals surface area contributed by atoms with Gasteiger partial charge in [0.1, 0.15) is 6.73 Å². The minimum atomic E-state index is -0.386. The molecule has 0 saturated heterocycles. The van der Waals surface area contributed by atoms with Crippen LogP contribution in [0, 0.1) is 5.92 Å². The Labute approximate surface area is 217 Å². The summed E-state index contributed by atoms with van der Waals surface area (Å²) in [6.45, 7) is 9.18. The molecule has 0 spiro atoms. The molecule has 0 aliphatic carbocycles. The number of hydrogen-bond donors (Lipinski definition) is 4. The number of rotatable bonds is 18. The Kier molecular flexibility index (Phi) is 16.3. The van der Waals surface area contributed by atoms with Gasteiger partial charge in [-0.05, 0) is 26.2 Å². The lowest BCUT2D eigenvalue weighted by atomic mass is 9.86. The Morgan fingerprint density at radius 2 is 1.61 bits per heavy atom. The fraction of sp³-hybridized carbons (Fsp3) is 0.815. The van der Waals surface area contributed by atoms with Gasteiger partial charge in [-0.1, -0.05) is 90.9 Å². The van der Waals surface area contributed by atoms with Crippen molar-refractivity contribution in [2.24, 2.45) is 11.7 Å². The number of aromatic nitrogens is 4. The summed E-state index contributed by atoms with van der Waals surface area (Å²) in [5.74, 6) is 0.673. The molecule has 0 aliphatic rings. The number of nitrogen functional groups attached to an aromatic ring is 1. The highest BCUT2D eigenvalue weighted by Gasteiger charge is 2.19. The van der Waals surface area contributed by atoms with Crippen LogP contribution in [0.2, 0.25) is 0 Å². The lowest BCUT2D eigenvalue weighted by Crippen LogP contribution is -2.39. The highest BCUT2D eigenvalue weighted by Crippen LogP contribution is 2.20. The first-order valence-corrected chi connectivity index (χ1v) is 13.9. The van der Waals surface area contributed by atoms with Gasteiger partial charge in [-0.25, -0.2) is 4.98 Å². The smallest absolute Gasteiger partial charge is 0.280 e. The van der Waals surface area contributed by atoms with Crippen LogP contribution in [0.1, 0.15) is 111 Å². The fourth-order valence-corrected chi connectivity index (χ4v) is 3.96. The molecule has 6 N–H and O–H groups in total. The minimum Gasteiger partial charge on any atom is -0.394 e. The topological polar surface area (TPSA) is 145 Å². The van der Waals surface area contributed by atoms with Crippen LogP contribution in [0.5, 0.6) is 0 Å². The molecule has 2 aromatic heterocycles. The molecule has 1 atom stereocenters. The van der Waals surface area contributed by atoms with Crippen LogP contribution in [-0.4, -0.2) is 43.4 Å². The highest BCUT2D eigenvalue weighted by atomic mass is 16.5. The predicted octanol–water partition coefficient (Wildman–Crippen LogP) is 5.12. The second-order valence-corrected chi connectivity index (χ2v) is 10.5. The van der Waals surface area contributed by atoms with Crippen molar-refractivity contribution in [3.63, 3.8) is 0 Å². The van der Waals surface area contributed by atoms with E-state index in [4.69, 9.17) is 21.3 Å². The van der Waals surface area contributed by atoms with Crippen molar-refractivity contribution in [3.8, 4) is 0 Å². The predicted molar refractivity (Wildman–Crippen MR) is 149 cm³/mol. The summed E-state index contributed by atoms with van der Waals surface area (Å²) in [6, 6.07) is 0. The first-order valence-electron chi connectivity index (χ1n) is 13.9. The van der Waals surface area contributed by atoms with Gasteiger partial charge in [-0.2, -0.15) is 4.98 Å². The van der Waals surface area contributed by atoms with E-state index in [1.165, 1.54) is 94.4 Å². The van der Waals surface area contributed by atoms with Gasteiger partial charge in [0.05, 0.1) is 19.5 Å². The second-order valence-electron chi connectivity index (χ2n) is 10.5. The van der Waals surface area contributed by atoms with Gasteiger partial charge in [0.2, 0.25) is 5.95 Å². The van der Waals surface area contributed by atoms with Gasteiger partial charge in [0, 0.05) is 5.54 Å². The summed E-state index contributed by atoms with van der Waals surface area (Å²) >= 11 is 0. The largest absolute Gasteiger partial charge is 0.394 e. The third kappa shape index (κ3) is 13.4. The molecule has 2 rings (SSSR count). The number of unbranched alkanes of at least 4 members (excludes halogenated alkanes) is 11. The number of aliphatic hydroxyl groups is 1. The Balaban J connectivity index is 0.000000367. The Morgan fingerprint density at radius 3 is 2.14 bits per heavy atom. The van der Waals surface area contributed by atoms with Crippen LogP contribution in [0.15, 0.2) is 11.1 Å². The molecular weight excluding hydrogens is 456 g/mol. The van der Waals surface area contributed by atoms with E-state index < -0.39 is 0 Å². The summed E-state index contributed by atoms with van der Waals surface area (Å²) in [5, 5.41) is 8.56. The average molecular weight is 509 g/mol. The number of H-pyrrole nitrogens is 1. The standard InChI is InChI=1S/C19H41N.C8H11N5O3/c1-5-6-7-8-9-10-11-12-13-14-15-16-17-18(2)19(3,4)20;9-8-11-6-5(7(15)12-8)10-3-13(6)4-16-2-1-14/h18H,5-17,20H2,1-4H3;3,14H,1-2,4H2,(H3,9,11,12,15). The van der Waals surface area contributed by atoms with E-state index >= 15 is 0 Å². The van der Waals surface area contributed by atoms with Crippen molar-refractivity contribution in [1.29, 1.82) is 0 Å². The van der Waals surface area contributed by atoms with Gasteiger partial charge in [-0.3, -0.25) is 14.3 Å². The van der Waals surface area contributed by atoms with E-state index in [9.17, 15) is 4.79 Å². The SMILES string of the molecule is CCCCCCCCCCCCCCC(C)C(C)(C)N.Nc1nc2c(ncn2COCCO)c(=O)[nH]1. The van der Waals surface area contributed by atoms with Crippen LogP contribution in [0.25, 0.3) is 11.2 Å². The first kappa shape index (κ1) is 32.1. The van der Waals surface area contributed by atoms with Gasteiger partial charge < -0.3 is 21.3 Å². The molecule has 1 unspecified atom stereocenters. The number of nitrogens with zero attached hydrogens (tertiary/aromatic N) is 3. The number of hydrogen-bond acceptors (Lipinski definition) is 7. The normalized spacial score (nSPS) is 12.5. The number of anilines is 1. The van der Waals surface area contributed by atoms with Crippen LogP contribution >= 0.6 is 0 Å². The second kappa shape index (κ2) is 18.3. The summed E-state index contributed by atoms with van der Waals surface area (Å²) in [5.41, 5.74) is 11.7. The third-order valence-corrected chi connectivity index (χ3v) is 6.72. The van der Waals surface area contributed by atoms with E-state index in [2.05, 4.69) is 42.6 Å². The molecular formula is C27H52N6O3. The molecule has 208 valence electrons. The molecule has 36 heavy (non-hydrogen) atoms. The zero-order valence-corrected chi connectivity index (χ0v) is 23.2. The number of imidazole rings is 1. The fourth-order valence-electron chi connectivity index (χ4n) is 3.96. The number of fused-ring (bicyclic) bond motifs is 1. The van der Waals surface area contributed by atoms with Gasteiger partial charge in [-0.15, -0.1) is 0 Å². The Bertz CT molecular complexity index is 874. The number of aromatic amines is 1. The zero-order valence-electron chi connectivity index (χ0n) is 23.2. The van der Waals surface area contributed by atoms with Crippen molar-refractivity contribution in [3.05, 3.63) is 16.7 Å². The lowest BCUT2D eigenvalue weighted by molar-refractivity contribution is 0.0499. The number of aliphatic hydroxyl groups excluding tert-OH is 1. The number of ether oxygens (including phenoxy) is 1. The quantitative estimate of drug-likeness (QED) is 0.204. The highest BCUT2D eigenvalue weighted by molar-refractivity contribution is 5.70. The summed E-state index contributed by atoms with van der Waals surface area (Å²) in [4.78, 5) is 21.6. The van der Waals surface area contributed by atoms with Crippen LogP contribution < -0.4 is 17.0 Å². The Morgan fingerprint density at radius 1 is 1.06 bits per heavy atom. The van der Waals surface area contributed by atoms with Crippen molar-refractivity contribution in [1.82, 2.24) is 19.5 Å². The van der Waals surface area contributed by atoms with Crippen molar-refractivity contribution >= 4 is 17.1 Å². The van der Waals surface area contributed by atoms with Gasteiger partial charge >= 0.3 is 0 Å². The number of nitrogens with one attached hydrogen (secondary N) is 1. The maximum atomic E-state index is 11.4. The molecule has 0 saturated carbocycles. The molecule has 9 heteroatoms. The minimum absolute atomic E-state index is 0.00221. The average Bonchev–Trinajstić information content (AvgIpc) is 3.22. The van der Waals surface area contributed by atoms with Crippen molar-refractivity contribution in [2.45, 2.75) is 123 Å². The first-order chi connectivity index (χ1) is 17.2. The van der Waals surface area contributed by atoms with E-state index in [1.807, 2.05) is 0 Å². The van der Waals surface area contributed by atoms with Crippen molar-refractivity contribution in [2.75, 3.05) is 18.9 Å². The van der Waals surface area contributed by atoms with Crippen LogP contribution in [0.3, 0.4) is 0 Å². The summed E-state index contributed by atoms with van der Waals surface area (Å²) < 4.78 is 6.63. The molecule has 2 heterocycles. The van der Waals surface area contributed by atoms with Crippen LogP contribution in [-0.2, 0) is 11.5 Å². The summed E-state index contributed by atoms with van der Waals surface area (Å²) in [7, 11) is 0. The molecule has 0 amide bonds. The molecule has 2 aromatic rings. The lowest BCUT2D eigenvalue weighted by Gasteiger charge is -2.27. The third-order valence-electron chi connectivity index (χ3n) is 6.72. The van der Waals surface area contributed by atoms with E-state index in [1.54, 1.807) is 0 Å². The Hall–Kier alpha value is -1.97. The maximum absolute atomic E-state index is 11.4. The molecule has 0 fully saturated rings. The van der Waals surface area contributed by atoms with Gasteiger partial charge in [0.15, 0.2) is 11.2 Å². The zero-order chi connectivity index (χ0) is 26.8. The molecule has 0 aliphatic heterocycles. The molecule has 0 bridgehead atoms. The van der Waals surface area contributed by atoms with E-state index in [0.717, 1.165) is 0 Å². The molecule has 0 aromatic carbocycles. The van der Waals surface area contributed by atoms with E-state index in [-0.39, 0.29) is 42.5 Å². The maximum Gasteiger partial charge on any atom is 0.280 e. The molecule has 9 nitrogen and oxygen atoms in total. The number of nitrogens with two attached hydrogens (primary N) is 2. The monoisotopic (exact) mass is 508 g/mol. The molecule has 0 radical (unpaired) electrons. The van der Waals surface area contributed by atoms with E-state index in [0.29, 0.717) is 11.6 Å².